The fraction of sp³-hybridized carbons (Fsp3) is 0. The van der Waals surface area contributed by atoms with E-state index < -0.39 is 0 Å². The van der Waals surface area contributed by atoms with Crippen LogP contribution in [0.15, 0.2) is 42.9 Å². The number of carbonyl (C=O) groups excluding carboxylic acids is 1. The molecular formula is C11H8N2O2. The molecule has 0 N–H and O–H groups in total. The summed E-state index contributed by atoms with van der Waals surface area (Å²) in [5.74, 6) is 1.20. The van der Waals surface area contributed by atoms with Crippen molar-refractivity contribution in [1.82, 2.24) is 9.97 Å². The summed E-state index contributed by atoms with van der Waals surface area (Å²) in [7, 11) is 0. The number of ether oxygens (including phenoxy) is 1. The van der Waals surface area contributed by atoms with Gasteiger partial charge in [-0.3, -0.25) is 14.8 Å². The van der Waals surface area contributed by atoms with Crippen LogP contribution in [0.25, 0.3) is 0 Å². The Hall–Kier alpha value is -2.23. The van der Waals surface area contributed by atoms with Gasteiger partial charge in [0.05, 0.1) is 6.20 Å². The molecule has 0 amide bonds. The molecule has 2 rings (SSSR count). The van der Waals surface area contributed by atoms with Gasteiger partial charge in [0.25, 0.3) is 0 Å². The first kappa shape index (κ1) is 9.33. The van der Waals surface area contributed by atoms with Crippen molar-refractivity contribution in [3.8, 4) is 11.5 Å². The molecule has 0 saturated heterocycles. The van der Waals surface area contributed by atoms with Gasteiger partial charge in [-0.1, -0.05) is 0 Å². The van der Waals surface area contributed by atoms with Crippen molar-refractivity contribution in [2.24, 2.45) is 0 Å². The summed E-state index contributed by atoms with van der Waals surface area (Å²) in [4.78, 5) is 18.2. The Morgan fingerprint density at radius 2 is 2.13 bits per heavy atom. The van der Waals surface area contributed by atoms with Gasteiger partial charge in [-0.05, 0) is 18.2 Å². The highest BCUT2D eigenvalue weighted by Gasteiger charge is 1.98. The van der Waals surface area contributed by atoms with E-state index in [1.54, 1.807) is 36.7 Å². The van der Waals surface area contributed by atoms with Crippen molar-refractivity contribution >= 4 is 6.29 Å². The minimum Gasteiger partial charge on any atom is -0.456 e. The molecule has 4 heteroatoms. The Bertz CT molecular complexity index is 457. The van der Waals surface area contributed by atoms with Gasteiger partial charge in [0.2, 0.25) is 0 Å². The van der Waals surface area contributed by atoms with Crippen molar-refractivity contribution in [3.05, 3.63) is 48.5 Å². The van der Waals surface area contributed by atoms with Crippen molar-refractivity contribution in [2.45, 2.75) is 0 Å². The van der Waals surface area contributed by atoms with Crippen molar-refractivity contribution < 1.29 is 9.53 Å². The van der Waals surface area contributed by atoms with E-state index in [2.05, 4.69) is 9.97 Å². The standard InChI is InChI=1S/C11H8N2O2/c14-8-9-6-10(3-5-13-9)15-11-2-1-4-12-7-11/h1-8H. The maximum absolute atomic E-state index is 10.5. The fourth-order valence-electron chi connectivity index (χ4n) is 1.10. The second-order valence-corrected chi connectivity index (χ2v) is 2.83. The zero-order chi connectivity index (χ0) is 10.5. The summed E-state index contributed by atoms with van der Waals surface area (Å²) in [5, 5.41) is 0. The van der Waals surface area contributed by atoms with E-state index in [4.69, 9.17) is 4.74 Å². The first-order valence-electron chi connectivity index (χ1n) is 4.37. The summed E-state index contributed by atoms with van der Waals surface area (Å²) >= 11 is 0. The lowest BCUT2D eigenvalue weighted by Crippen LogP contribution is -1.89. The van der Waals surface area contributed by atoms with E-state index in [0.29, 0.717) is 23.5 Å². The largest absolute Gasteiger partial charge is 0.456 e. The first-order valence-corrected chi connectivity index (χ1v) is 4.37. The van der Waals surface area contributed by atoms with E-state index in [0.717, 1.165) is 0 Å². The second kappa shape index (κ2) is 4.32. The molecule has 2 aromatic rings. The van der Waals surface area contributed by atoms with Crippen molar-refractivity contribution in [1.29, 1.82) is 0 Å². The quantitative estimate of drug-likeness (QED) is 0.712. The average Bonchev–Trinajstić information content (AvgIpc) is 2.31. The summed E-state index contributed by atoms with van der Waals surface area (Å²) in [6, 6.07) is 6.81. The van der Waals surface area contributed by atoms with Crippen LogP contribution in [0.3, 0.4) is 0 Å². The molecule has 0 spiro atoms. The summed E-state index contributed by atoms with van der Waals surface area (Å²) < 4.78 is 5.46. The van der Waals surface area contributed by atoms with Crippen molar-refractivity contribution in [3.63, 3.8) is 0 Å². The number of hydrogen-bond acceptors (Lipinski definition) is 4. The Labute approximate surface area is 86.6 Å². The fourth-order valence-corrected chi connectivity index (χ4v) is 1.10. The first-order chi connectivity index (χ1) is 7.38. The predicted octanol–water partition coefficient (Wildman–Crippen LogP) is 2.08. The van der Waals surface area contributed by atoms with E-state index in [1.807, 2.05) is 0 Å². The number of hydrogen-bond donors (Lipinski definition) is 0. The number of carbonyl (C=O) groups is 1. The molecule has 0 saturated carbocycles. The lowest BCUT2D eigenvalue weighted by Gasteiger charge is -2.04. The van der Waals surface area contributed by atoms with Crippen LogP contribution in [0.4, 0.5) is 0 Å². The average molecular weight is 200 g/mol. The maximum Gasteiger partial charge on any atom is 0.168 e. The molecule has 2 aromatic heterocycles. The highest BCUT2D eigenvalue weighted by Crippen LogP contribution is 2.19. The number of pyridine rings is 2. The molecule has 0 aliphatic carbocycles. The Balaban J connectivity index is 2.21. The Morgan fingerprint density at radius 1 is 1.20 bits per heavy atom. The topological polar surface area (TPSA) is 52.1 Å². The smallest absolute Gasteiger partial charge is 0.168 e. The van der Waals surface area contributed by atoms with Gasteiger partial charge in [-0.25, -0.2) is 0 Å². The molecule has 0 unspecified atom stereocenters. The van der Waals surface area contributed by atoms with Gasteiger partial charge in [0, 0.05) is 18.5 Å². The molecule has 0 bridgehead atoms. The number of aromatic nitrogens is 2. The Morgan fingerprint density at radius 3 is 2.87 bits per heavy atom. The zero-order valence-electron chi connectivity index (χ0n) is 7.83. The molecule has 0 aromatic carbocycles. The minimum absolute atomic E-state index is 0.344. The monoisotopic (exact) mass is 200 g/mol. The lowest BCUT2D eigenvalue weighted by molar-refractivity contribution is 0.111. The molecule has 0 aliphatic heterocycles. The van der Waals surface area contributed by atoms with Crippen molar-refractivity contribution in [2.75, 3.05) is 0 Å². The third kappa shape index (κ3) is 2.37. The third-order valence-electron chi connectivity index (χ3n) is 1.74. The highest BCUT2D eigenvalue weighted by atomic mass is 16.5. The summed E-state index contributed by atoms with van der Waals surface area (Å²) in [5.41, 5.74) is 0.344. The SMILES string of the molecule is O=Cc1cc(Oc2cccnc2)ccn1. The van der Waals surface area contributed by atoms with E-state index in [9.17, 15) is 4.79 Å². The molecular weight excluding hydrogens is 192 g/mol. The molecule has 0 atom stereocenters. The number of aldehydes is 1. The van der Waals surface area contributed by atoms with Gasteiger partial charge in [-0.2, -0.15) is 0 Å². The van der Waals surface area contributed by atoms with E-state index in [-0.39, 0.29) is 0 Å². The molecule has 15 heavy (non-hydrogen) atoms. The predicted molar refractivity (Wildman–Crippen MR) is 53.9 cm³/mol. The van der Waals surface area contributed by atoms with Gasteiger partial charge in [0.15, 0.2) is 6.29 Å². The normalized spacial score (nSPS) is 9.60. The maximum atomic E-state index is 10.5. The van der Waals surface area contributed by atoms with Crippen LogP contribution < -0.4 is 4.74 Å². The summed E-state index contributed by atoms with van der Waals surface area (Å²) in [6.45, 7) is 0. The van der Waals surface area contributed by atoms with Gasteiger partial charge >= 0.3 is 0 Å². The van der Waals surface area contributed by atoms with Crippen LogP contribution in [0, 0.1) is 0 Å². The van der Waals surface area contributed by atoms with Gasteiger partial charge in [-0.15, -0.1) is 0 Å². The minimum atomic E-state index is 0.344. The summed E-state index contributed by atoms with van der Waals surface area (Å²) in [6.07, 6.45) is 5.46. The highest BCUT2D eigenvalue weighted by molar-refractivity contribution is 5.72. The molecule has 0 fully saturated rings. The second-order valence-electron chi connectivity index (χ2n) is 2.83. The number of nitrogens with zero attached hydrogens (tertiary/aromatic N) is 2. The van der Waals surface area contributed by atoms with Gasteiger partial charge < -0.3 is 4.74 Å². The third-order valence-corrected chi connectivity index (χ3v) is 1.74. The van der Waals surface area contributed by atoms with Crippen LogP contribution in [-0.4, -0.2) is 16.3 Å². The van der Waals surface area contributed by atoms with E-state index >= 15 is 0 Å². The molecule has 74 valence electrons. The van der Waals surface area contributed by atoms with Crippen LogP contribution in [0.2, 0.25) is 0 Å². The number of rotatable bonds is 3. The molecule has 4 nitrogen and oxygen atoms in total. The zero-order valence-corrected chi connectivity index (χ0v) is 7.83. The van der Waals surface area contributed by atoms with Crippen LogP contribution in [-0.2, 0) is 0 Å². The van der Waals surface area contributed by atoms with Crippen LogP contribution in [0.1, 0.15) is 10.5 Å². The van der Waals surface area contributed by atoms with Crippen LogP contribution in [0.5, 0.6) is 11.5 Å². The van der Waals surface area contributed by atoms with Gasteiger partial charge in [0.1, 0.15) is 17.2 Å². The molecule has 0 radical (unpaired) electrons. The molecule has 0 aliphatic rings. The lowest BCUT2D eigenvalue weighted by atomic mass is 10.3. The Kier molecular flexibility index (Phi) is 2.69. The van der Waals surface area contributed by atoms with Crippen LogP contribution >= 0.6 is 0 Å². The van der Waals surface area contributed by atoms with E-state index in [1.165, 1.54) is 6.20 Å². The molecule has 2 heterocycles.